The molecule has 182 valence electrons. The lowest BCUT2D eigenvalue weighted by atomic mass is 9.93. The molecule has 0 bridgehead atoms. The molecule has 0 aliphatic carbocycles. The fraction of sp³-hybridized carbons (Fsp3) is 0.200. The van der Waals surface area contributed by atoms with Gasteiger partial charge in [0.2, 0.25) is 0 Å². The number of hydrogen-bond acceptors (Lipinski definition) is 2. The molecule has 1 saturated heterocycles. The minimum Gasteiger partial charge on any atom is -1.00 e. The van der Waals surface area contributed by atoms with Crippen LogP contribution in [0.1, 0.15) is 34.7 Å². The summed E-state index contributed by atoms with van der Waals surface area (Å²) in [6.07, 6.45) is 4.13. The first kappa shape index (κ1) is 27.8. The number of hydrogen-bond donors (Lipinski definition) is 2. The van der Waals surface area contributed by atoms with Gasteiger partial charge in [-0.05, 0) is 37.1 Å². The number of aryl methyl sites for hydroxylation is 2. The SMILES string of the molecule is CC(=O)O.Cc1ccc(/C=C2\C[NH+](Cc3ccccc3)C/C(=C\c3ccc(C)cc3)C2=O)cc1.[Cl-]. The van der Waals surface area contributed by atoms with E-state index < -0.39 is 5.97 Å². The highest BCUT2D eigenvalue weighted by Gasteiger charge is 2.29. The van der Waals surface area contributed by atoms with Crippen molar-refractivity contribution in [2.24, 2.45) is 0 Å². The Morgan fingerprint density at radius 1 is 0.800 bits per heavy atom. The minimum absolute atomic E-state index is 0. The Bertz CT molecular complexity index is 1110. The normalized spacial score (nSPS) is 17.3. The third-order valence-electron chi connectivity index (χ3n) is 5.60. The fourth-order valence-corrected chi connectivity index (χ4v) is 3.94. The van der Waals surface area contributed by atoms with Gasteiger partial charge in [-0.3, -0.25) is 9.59 Å². The number of carboxylic acid groups (broad SMARTS) is 1. The molecule has 0 aromatic heterocycles. The van der Waals surface area contributed by atoms with Gasteiger partial charge in [-0.2, -0.15) is 0 Å². The van der Waals surface area contributed by atoms with Crippen LogP contribution in [0.4, 0.5) is 0 Å². The zero-order valence-electron chi connectivity index (χ0n) is 20.4. The molecule has 4 nitrogen and oxygen atoms in total. The van der Waals surface area contributed by atoms with E-state index in [9.17, 15) is 4.79 Å². The van der Waals surface area contributed by atoms with Gasteiger partial charge >= 0.3 is 0 Å². The lowest BCUT2D eigenvalue weighted by Crippen LogP contribution is -3.12. The third kappa shape index (κ3) is 9.01. The highest BCUT2D eigenvalue weighted by atomic mass is 35.5. The largest absolute Gasteiger partial charge is 1.00 e. The third-order valence-corrected chi connectivity index (χ3v) is 5.60. The van der Waals surface area contributed by atoms with Gasteiger partial charge in [-0.15, -0.1) is 0 Å². The maximum absolute atomic E-state index is 13.3. The van der Waals surface area contributed by atoms with Gasteiger partial charge in [0, 0.05) is 12.5 Å². The molecule has 1 aliphatic heterocycles. The Morgan fingerprint density at radius 2 is 1.20 bits per heavy atom. The predicted octanol–water partition coefficient (Wildman–Crippen LogP) is 1.53. The number of Topliss-reactive ketones (excluding diaryl/α,β-unsaturated/α-hetero) is 1. The molecule has 3 aromatic carbocycles. The molecule has 4 rings (SSSR count). The van der Waals surface area contributed by atoms with Crippen LogP contribution >= 0.6 is 0 Å². The average molecular weight is 490 g/mol. The minimum atomic E-state index is -0.833. The van der Waals surface area contributed by atoms with Crippen molar-refractivity contribution in [3.05, 3.63) is 118 Å². The lowest BCUT2D eigenvalue weighted by molar-refractivity contribution is -0.904. The van der Waals surface area contributed by atoms with Crippen molar-refractivity contribution in [1.82, 2.24) is 0 Å². The standard InChI is InChI=1S/C28H27NO.C2H4O2.ClH/c1-21-8-12-23(13-9-21)16-26-19-29(18-25-6-4-3-5-7-25)20-27(28(26)30)17-24-14-10-22(2)11-15-24;1-2(3)4;/h3-17H,18-20H2,1-2H3;1H3,(H,3,4);1H/b26-16+,27-17+;;. The smallest absolute Gasteiger partial charge is 0.300 e. The number of ketones is 1. The van der Waals surface area contributed by atoms with Crippen LogP contribution in [-0.4, -0.2) is 29.9 Å². The topological polar surface area (TPSA) is 58.8 Å². The van der Waals surface area contributed by atoms with Gasteiger partial charge in [-0.1, -0.05) is 90.0 Å². The molecular weight excluding hydrogens is 458 g/mol. The van der Waals surface area contributed by atoms with Crippen molar-refractivity contribution in [3.8, 4) is 0 Å². The van der Waals surface area contributed by atoms with Gasteiger partial charge in [-0.25, -0.2) is 0 Å². The van der Waals surface area contributed by atoms with Crippen LogP contribution in [-0.2, 0) is 16.1 Å². The summed E-state index contributed by atoms with van der Waals surface area (Å²) in [5, 5.41) is 7.42. The molecule has 5 heteroatoms. The first-order valence-corrected chi connectivity index (χ1v) is 11.5. The Hall–Kier alpha value is -3.47. The van der Waals surface area contributed by atoms with Crippen molar-refractivity contribution < 1.29 is 32.0 Å². The lowest BCUT2D eigenvalue weighted by Gasteiger charge is -2.27. The van der Waals surface area contributed by atoms with Gasteiger partial charge in [0.1, 0.15) is 19.6 Å². The first-order valence-electron chi connectivity index (χ1n) is 11.5. The number of nitrogens with one attached hydrogen (secondary N) is 1. The van der Waals surface area contributed by atoms with Crippen LogP contribution in [0.3, 0.4) is 0 Å². The molecule has 0 atom stereocenters. The second kappa shape index (κ2) is 13.4. The molecule has 1 aliphatic rings. The Kier molecular flexibility index (Phi) is 10.7. The maximum Gasteiger partial charge on any atom is 0.300 e. The van der Waals surface area contributed by atoms with E-state index >= 15 is 0 Å². The summed E-state index contributed by atoms with van der Waals surface area (Å²) < 4.78 is 0. The molecule has 1 heterocycles. The zero-order chi connectivity index (χ0) is 24.5. The number of piperidine rings is 1. The highest BCUT2D eigenvalue weighted by molar-refractivity contribution is 6.14. The van der Waals surface area contributed by atoms with Crippen LogP contribution in [0.2, 0.25) is 0 Å². The Balaban J connectivity index is 0.000000804. The maximum atomic E-state index is 13.3. The second-order valence-electron chi connectivity index (χ2n) is 8.77. The van der Waals surface area contributed by atoms with Gasteiger partial charge in [0.15, 0.2) is 5.78 Å². The molecule has 0 spiro atoms. The highest BCUT2D eigenvalue weighted by Crippen LogP contribution is 2.17. The van der Waals surface area contributed by atoms with E-state index in [-0.39, 0.29) is 18.2 Å². The van der Waals surface area contributed by atoms with Crippen LogP contribution in [0.15, 0.2) is 90.0 Å². The van der Waals surface area contributed by atoms with Gasteiger partial charge in [0.25, 0.3) is 5.97 Å². The van der Waals surface area contributed by atoms with Crippen molar-refractivity contribution in [3.63, 3.8) is 0 Å². The first-order chi connectivity index (χ1) is 16.3. The van der Waals surface area contributed by atoms with E-state index in [1.807, 2.05) is 6.07 Å². The number of aliphatic carboxylic acids is 1. The summed E-state index contributed by atoms with van der Waals surface area (Å²) in [5.41, 5.74) is 7.68. The molecule has 1 fully saturated rings. The molecule has 35 heavy (non-hydrogen) atoms. The van der Waals surface area contributed by atoms with Crippen molar-refractivity contribution in [1.29, 1.82) is 0 Å². The Labute approximate surface area is 214 Å². The Morgan fingerprint density at radius 3 is 1.60 bits per heavy atom. The molecule has 0 saturated carbocycles. The summed E-state index contributed by atoms with van der Waals surface area (Å²) in [7, 11) is 0. The number of likely N-dealkylation sites (tertiary alicyclic amines) is 1. The summed E-state index contributed by atoms with van der Waals surface area (Å²) in [6, 6.07) is 27.3. The second-order valence-corrected chi connectivity index (χ2v) is 8.77. The summed E-state index contributed by atoms with van der Waals surface area (Å²) in [5.74, 6) is -0.659. The molecule has 0 unspecified atom stereocenters. The number of benzene rings is 3. The van der Waals surface area contributed by atoms with E-state index in [4.69, 9.17) is 9.90 Å². The number of carbonyl (C=O) groups is 2. The fourth-order valence-electron chi connectivity index (χ4n) is 3.94. The average Bonchev–Trinajstić information content (AvgIpc) is 2.80. The predicted molar refractivity (Wildman–Crippen MR) is 137 cm³/mol. The number of carbonyl (C=O) groups excluding carboxylic acids is 1. The van der Waals surface area contributed by atoms with Crippen molar-refractivity contribution in [2.75, 3.05) is 13.1 Å². The molecular formula is C30H32ClNO3. The summed E-state index contributed by atoms with van der Waals surface area (Å²) in [4.78, 5) is 23.7. The van der Waals surface area contributed by atoms with Crippen LogP contribution in [0, 0.1) is 13.8 Å². The molecule has 0 amide bonds. The monoisotopic (exact) mass is 489 g/mol. The van der Waals surface area contributed by atoms with Crippen LogP contribution in [0.25, 0.3) is 12.2 Å². The van der Waals surface area contributed by atoms with E-state index in [0.717, 1.165) is 48.8 Å². The van der Waals surface area contributed by atoms with E-state index in [1.54, 1.807) is 0 Å². The van der Waals surface area contributed by atoms with Crippen LogP contribution in [0.5, 0.6) is 0 Å². The van der Waals surface area contributed by atoms with Gasteiger partial charge < -0.3 is 22.4 Å². The van der Waals surface area contributed by atoms with Gasteiger partial charge in [0.05, 0.1) is 11.1 Å². The molecule has 3 aromatic rings. The molecule has 2 N–H and O–H groups in total. The zero-order valence-corrected chi connectivity index (χ0v) is 21.2. The number of quaternary nitrogens is 1. The quantitative estimate of drug-likeness (QED) is 0.546. The van der Waals surface area contributed by atoms with Crippen LogP contribution < -0.4 is 17.3 Å². The molecule has 0 radical (unpaired) electrons. The summed E-state index contributed by atoms with van der Waals surface area (Å²) in [6.45, 7) is 7.64. The van der Waals surface area contributed by atoms with Crippen molar-refractivity contribution in [2.45, 2.75) is 27.3 Å². The van der Waals surface area contributed by atoms with E-state index in [1.165, 1.54) is 21.6 Å². The number of halogens is 1. The van der Waals surface area contributed by atoms with E-state index in [2.05, 4.69) is 98.8 Å². The number of rotatable bonds is 4. The van der Waals surface area contributed by atoms with E-state index in [0.29, 0.717) is 0 Å². The number of carboxylic acids is 1. The van der Waals surface area contributed by atoms with Crippen molar-refractivity contribution >= 4 is 23.9 Å². The summed E-state index contributed by atoms with van der Waals surface area (Å²) >= 11 is 0.